The highest BCUT2D eigenvalue weighted by molar-refractivity contribution is 5.38. The summed E-state index contributed by atoms with van der Waals surface area (Å²) in [7, 11) is 0. The fourth-order valence-electron chi connectivity index (χ4n) is 3.09. The molecule has 0 bridgehead atoms. The van der Waals surface area contributed by atoms with Gasteiger partial charge in [-0.3, -0.25) is 0 Å². The maximum absolute atomic E-state index is 12.6. The number of aromatic nitrogens is 2. The minimum atomic E-state index is -4.48. The van der Waals surface area contributed by atoms with Crippen LogP contribution in [-0.4, -0.2) is 36.1 Å². The van der Waals surface area contributed by atoms with Crippen LogP contribution < -0.4 is 10.2 Å². The fraction of sp³-hybridized carbons (Fsp3) is 0.692. The molecule has 20 heavy (non-hydrogen) atoms. The average molecular weight is 286 g/mol. The summed E-state index contributed by atoms with van der Waals surface area (Å²) in [5, 5.41) is 3.37. The van der Waals surface area contributed by atoms with Crippen LogP contribution in [0.5, 0.6) is 0 Å². The van der Waals surface area contributed by atoms with Crippen molar-refractivity contribution in [3.05, 3.63) is 18.1 Å². The smallest absolute Gasteiger partial charge is 0.356 e. The van der Waals surface area contributed by atoms with Crippen molar-refractivity contribution < 1.29 is 13.2 Å². The number of piperidine rings is 1. The van der Waals surface area contributed by atoms with Gasteiger partial charge in [0.05, 0.1) is 0 Å². The van der Waals surface area contributed by atoms with Crippen LogP contribution in [0.15, 0.2) is 12.3 Å². The lowest BCUT2D eigenvalue weighted by Gasteiger charge is -2.39. The molecular weight excluding hydrogens is 269 g/mol. The van der Waals surface area contributed by atoms with Crippen LogP contribution in [0.1, 0.15) is 25.1 Å². The first-order valence-corrected chi connectivity index (χ1v) is 6.85. The molecule has 3 rings (SSSR count). The topological polar surface area (TPSA) is 41.1 Å². The Kier molecular flexibility index (Phi) is 3.32. The molecule has 0 unspecified atom stereocenters. The van der Waals surface area contributed by atoms with Gasteiger partial charge in [-0.25, -0.2) is 9.97 Å². The van der Waals surface area contributed by atoms with E-state index in [1.54, 1.807) is 6.07 Å². The third-order valence-corrected chi connectivity index (χ3v) is 4.37. The van der Waals surface area contributed by atoms with Gasteiger partial charge in [0.15, 0.2) is 0 Å². The SMILES string of the molecule is FC(F)(F)c1nccc(N2CCC3(CCNC3)CC2)n1. The molecule has 1 spiro atoms. The molecule has 2 saturated heterocycles. The number of alkyl halides is 3. The van der Waals surface area contributed by atoms with Gasteiger partial charge < -0.3 is 10.2 Å². The number of nitrogens with zero attached hydrogens (tertiary/aromatic N) is 3. The van der Waals surface area contributed by atoms with Crippen molar-refractivity contribution in [1.82, 2.24) is 15.3 Å². The van der Waals surface area contributed by atoms with E-state index >= 15 is 0 Å². The molecule has 0 aromatic carbocycles. The third-order valence-electron chi connectivity index (χ3n) is 4.37. The van der Waals surface area contributed by atoms with Crippen molar-refractivity contribution in [3.63, 3.8) is 0 Å². The molecule has 0 aliphatic carbocycles. The Hall–Kier alpha value is -1.37. The van der Waals surface area contributed by atoms with E-state index in [4.69, 9.17) is 0 Å². The predicted octanol–water partition coefficient (Wildman–Crippen LogP) is 2.08. The monoisotopic (exact) mass is 286 g/mol. The number of hydrogen-bond acceptors (Lipinski definition) is 4. The van der Waals surface area contributed by atoms with E-state index in [0.717, 1.165) is 39.0 Å². The highest BCUT2D eigenvalue weighted by atomic mass is 19.4. The first-order chi connectivity index (χ1) is 9.49. The lowest BCUT2D eigenvalue weighted by atomic mass is 9.78. The molecule has 2 aliphatic heterocycles. The van der Waals surface area contributed by atoms with Crippen LogP contribution >= 0.6 is 0 Å². The maximum atomic E-state index is 12.6. The van der Waals surface area contributed by atoms with E-state index in [-0.39, 0.29) is 0 Å². The van der Waals surface area contributed by atoms with Crippen molar-refractivity contribution in [2.45, 2.75) is 25.4 Å². The Balaban J connectivity index is 1.72. The normalized spacial score (nSPS) is 22.4. The highest BCUT2D eigenvalue weighted by Gasteiger charge is 2.38. The summed E-state index contributed by atoms with van der Waals surface area (Å²) < 4.78 is 37.9. The fourth-order valence-corrected chi connectivity index (χ4v) is 3.09. The summed E-state index contributed by atoms with van der Waals surface area (Å²) in [5.41, 5.74) is 0.344. The third kappa shape index (κ3) is 2.59. The van der Waals surface area contributed by atoms with Gasteiger partial charge in [0.25, 0.3) is 0 Å². The van der Waals surface area contributed by atoms with Crippen molar-refractivity contribution in [1.29, 1.82) is 0 Å². The molecule has 2 aliphatic rings. The molecule has 0 radical (unpaired) electrons. The second-order valence-electron chi connectivity index (χ2n) is 5.65. The molecule has 3 heterocycles. The van der Waals surface area contributed by atoms with Crippen LogP contribution in [0.4, 0.5) is 19.0 Å². The molecular formula is C13H17F3N4. The van der Waals surface area contributed by atoms with E-state index in [2.05, 4.69) is 15.3 Å². The van der Waals surface area contributed by atoms with E-state index in [9.17, 15) is 13.2 Å². The largest absolute Gasteiger partial charge is 0.451 e. The Labute approximate surface area is 115 Å². The predicted molar refractivity (Wildman–Crippen MR) is 68.4 cm³/mol. The second kappa shape index (κ2) is 4.87. The Bertz CT molecular complexity index is 473. The molecule has 0 amide bonds. The molecule has 4 nitrogen and oxygen atoms in total. The van der Waals surface area contributed by atoms with Crippen molar-refractivity contribution in [2.24, 2.45) is 5.41 Å². The van der Waals surface area contributed by atoms with Gasteiger partial charge in [-0.2, -0.15) is 13.2 Å². The van der Waals surface area contributed by atoms with E-state index in [0.29, 0.717) is 11.2 Å². The van der Waals surface area contributed by atoms with Crippen LogP contribution in [0.2, 0.25) is 0 Å². The summed E-state index contributed by atoms with van der Waals surface area (Å²) in [6.07, 6.45) is -0.121. The zero-order valence-electron chi connectivity index (χ0n) is 11.1. The zero-order chi connectivity index (χ0) is 14.2. The molecule has 7 heteroatoms. The minimum Gasteiger partial charge on any atom is -0.356 e. The molecule has 1 aromatic rings. The van der Waals surface area contributed by atoms with Crippen molar-refractivity contribution in [3.8, 4) is 0 Å². The Morgan fingerprint density at radius 1 is 1.20 bits per heavy atom. The number of hydrogen-bond donors (Lipinski definition) is 1. The van der Waals surface area contributed by atoms with Gasteiger partial charge >= 0.3 is 6.18 Å². The number of halogens is 3. The van der Waals surface area contributed by atoms with Crippen LogP contribution in [-0.2, 0) is 6.18 Å². The number of anilines is 1. The van der Waals surface area contributed by atoms with Gasteiger partial charge in [0.2, 0.25) is 5.82 Å². The van der Waals surface area contributed by atoms with Gasteiger partial charge in [-0.1, -0.05) is 0 Å². The molecule has 2 fully saturated rings. The quantitative estimate of drug-likeness (QED) is 0.858. The average Bonchev–Trinajstić information content (AvgIpc) is 2.87. The highest BCUT2D eigenvalue weighted by Crippen LogP contribution is 2.38. The van der Waals surface area contributed by atoms with Gasteiger partial charge in [0.1, 0.15) is 5.82 Å². The van der Waals surface area contributed by atoms with Crippen molar-refractivity contribution >= 4 is 5.82 Å². The molecule has 0 atom stereocenters. The Morgan fingerprint density at radius 3 is 2.55 bits per heavy atom. The first-order valence-electron chi connectivity index (χ1n) is 6.85. The van der Waals surface area contributed by atoms with E-state index in [1.165, 1.54) is 12.6 Å². The number of nitrogens with one attached hydrogen (secondary N) is 1. The zero-order valence-corrected chi connectivity index (χ0v) is 11.1. The lowest BCUT2D eigenvalue weighted by molar-refractivity contribution is -0.144. The molecule has 1 aromatic heterocycles. The summed E-state index contributed by atoms with van der Waals surface area (Å²) in [6.45, 7) is 3.59. The van der Waals surface area contributed by atoms with Crippen molar-refractivity contribution in [2.75, 3.05) is 31.1 Å². The Morgan fingerprint density at radius 2 is 1.95 bits per heavy atom. The van der Waals surface area contributed by atoms with Gasteiger partial charge in [-0.15, -0.1) is 0 Å². The minimum absolute atomic E-state index is 0.344. The molecule has 1 N–H and O–H groups in total. The van der Waals surface area contributed by atoms with Crippen LogP contribution in [0, 0.1) is 5.41 Å². The summed E-state index contributed by atoms with van der Waals surface area (Å²) >= 11 is 0. The lowest BCUT2D eigenvalue weighted by Crippen LogP contribution is -2.41. The first kappa shape index (κ1) is 13.6. The summed E-state index contributed by atoms with van der Waals surface area (Å²) in [5.74, 6) is -0.675. The van der Waals surface area contributed by atoms with E-state index < -0.39 is 12.0 Å². The second-order valence-corrected chi connectivity index (χ2v) is 5.65. The number of rotatable bonds is 1. The van der Waals surface area contributed by atoms with Gasteiger partial charge in [0, 0.05) is 25.8 Å². The van der Waals surface area contributed by atoms with Gasteiger partial charge in [-0.05, 0) is 37.3 Å². The molecule has 110 valence electrons. The summed E-state index contributed by atoms with van der Waals surface area (Å²) in [6, 6.07) is 1.56. The van der Waals surface area contributed by atoms with Crippen LogP contribution in [0.25, 0.3) is 0 Å². The van der Waals surface area contributed by atoms with E-state index in [1.807, 2.05) is 4.90 Å². The molecule has 0 saturated carbocycles. The standard InChI is InChI=1S/C13H17F3N4/c14-13(15,16)11-18-5-1-10(19-11)20-7-3-12(4-8-20)2-6-17-9-12/h1,5,17H,2-4,6-9H2. The summed E-state index contributed by atoms with van der Waals surface area (Å²) in [4.78, 5) is 8.89. The maximum Gasteiger partial charge on any atom is 0.451 e. The van der Waals surface area contributed by atoms with Crippen LogP contribution in [0.3, 0.4) is 0 Å².